The molecule has 0 radical (unpaired) electrons. The van der Waals surface area contributed by atoms with Gasteiger partial charge < -0.3 is 4.74 Å². The molecule has 18 heavy (non-hydrogen) atoms. The number of fused-ring (bicyclic) bond motifs is 1. The van der Waals surface area contributed by atoms with Crippen LogP contribution in [0.2, 0.25) is 0 Å². The fraction of sp³-hybridized carbons (Fsp3) is 0.412. The van der Waals surface area contributed by atoms with Gasteiger partial charge in [0.1, 0.15) is 5.75 Å². The predicted molar refractivity (Wildman–Crippen MR) is 80.0 cm³/mol. The van der Waals surface area contributed by atoms with Gasteiger partial charge in [-0.25, -0.2) is 0 Å². The third-order valence-corrected chi connectivity index (χ3v) is 2.68. The molecule has 0 amide bonds. The lowest BCUT2D eigenvalue weighted by Crippen LogP contribution is -2.01. The van der Waals surface area contributed by atoms with Gasteiger partial charge in [0.2, 0.25) is 0 Å². The zero-order valence-corrected chi connectivity index (χ0v) is 11.5. The average Bonchev–Trinajstić information content (AvgIpc) is 2.46. The Morgan fingerprint density at radius 2 is 2.00 bits per heavy atom. The van der Waals surface area contributed by atoms with E-state index in [-0.39, 0.29) is 1.43 Å². The van der Waals surface area contributed by atoms with Gasteiger partial charge in [-0.15, -0.1) is 6.58 Å². The van der Waals surface area contributed by atoms with Crippen LogP contribution < -0.4 is 4.74 Å². The summed E-state index contributed by atoms with van der Waals surface area (Å²) < 4.78 is 5.68. The number of unbranched alkanes of at least 4 members (excludes halogenated alkanes) is 1. The summed E-state index contributed by atoms with van der Waals surface area (Å²) in [6.45, 7) is 8.45. The van der Waals surface area contributed by atoms with Crippen molar-refractivity contribution in [1.82, 2.24) is 0 Å². The van der Waals surface area contributed by atoms with Gasteiger partial charge in [0.25, 0.3) is 0 Å². The van der Waals surface area contributed by atoms with Crippen molar-refractivity contribution < 1.29 is 6.16 Å². The van der Waals surface area contributed by atoms with E-state index in [2.05, 4.69) is 30.6 Å². The molecule has 98 valence electrons. The zero-order chi connectivity index (χ0) is 13.2. The summed E-state index contributed by atoms with van der Waals surface area (Å²) in [4.78, 5) is 0. The monoisotopic (exact) mass is 244 g/mol. The highest BCUT2D eigenvalue weighted by molar-refractivity contribution is 5.42. The molecule has 0 N–H and O–H groups in total. The molecule has 0 spiro atoms. The molecule has 0 heterocycles. The number of allylic oxidation sites excluding steroid dienone is 1. The quantitative estimate of drug-likeness (QED) is 0.423. The van der Waals surface area contributed by atoms with Crippen molar-refractivity contribution >= 4 is 0 Å². The summed E-state index contributed by atoms with van der Waals surface area (Å²) in [7, 11) is 0. The molecule has 0 saturated heterocycles. The molecular formula is C17H24O. The van der Waals surface area contributed by atoms with Gasteiger partial charge in [-0.2, -0.15) is 0 Å². The van der Waals surface area contributed by atoms with Crippen LogP contribution in [0.3, 0.4) is 0 Å². The molecule has 1 aromatic rings. The van der Waals surface area contributed by atoms with Crippen molar-refractivity contribution in [3.05, 3.63) is 42.0 Å². The predicted octanol–water partition coefficient (Wildman–Crippen LogP) is 4.41. The van der Waals surface area contributed by atoms with E-state index in [1.165, 1.54) is 11.1 Å². The Bertz CT molecular complexity index is 440. The smallest absolute Gasteiger partial charge is 0.119 e. The minimum absolute atomic E-state index is 0. The first-order valence-electron chi connectivity index (χ1n) is 6.71. The minimum atomic E-state index is 0. The van der Waals surface area contributed by atoms with E-state index in [0.29, 0.717) is 0 Å². The molecule has 0 unspecified atom stereocenters. The Balaban J connectivity index is 0.00000103. The Kier molecular flexibility index (Phi) is 6.72. The summed E-state index contributed by atoms with van der Waals surface area (Å²) >= 11 is 0. The molecule has 0 saturated carbocycles. The number of ether oxygens (including phenoxy) is 1. The number of hydrogen-bond acceptors (Lipinski definition) is 1. The van der Waals surface area contributed by atoms with Gasteiger partial charge >= 0.3 is 0 Å². The first kappa shape index (κ1) is 14.4. The SMILES string of the molecule is C=CCCCOc1ccc2c(c1)CC#CC2.CC.[HH]. The minimum Gasteiger partial charge on any atom is -0.494 e. The van der Waals surface area contributed by atoms with Crippen LogP contribution in [0.5, 0.6) is 5.75 Å². The van der Waals surface area contributed by atoms with Gasteiger partial charge in [-0.1, -0.05) is 37.8 Å². The van der Waals surface area contributed by atoms with Gasteiger partial charge in [0, 0.05) is 14.3 Å². The third kappa shape index (κ3) is 4.30. The summed E-state index contributed by atoms with van der Waals surface area (Å²) in [6.07, 6.45) is 5.70. The fourth-order valence-electron chi connectivity index (χ4n) is 1.76. The van der Waals surface area contributed by atoms with E-state index in [1.54, 1.807) is 0 Å². The standard InChI is InChI=1S/C15H16O.C2H6.H2/c1-2-3-6-11-16-15-10-9-13-7-4-5-8-14(13)12-15;1-2;/h2,9-10,12H,1,3,6-8,11H2;1-2H3;1H. The average molecular weight is 244 g/mol. The molecule has 0 bridgehead atoms. The van der Waals surface area contributed by atoms with Gasteiger partial charge in [0.05, 0.1) is 6.61 Å². The van der Waals surface area contributed by atoms with Crippen molar-refractivity contribution in [3.8, 4) is 17.6 Å². The first-order chi connectivity index (χ1) is 8.90. The van der Waals surface area contributed by atoms with Crippen molar-refractivity contribution in [2.45, 2.75) is 39.5 Å². The second-order valence-corrected chi connectivity index (χ2v) is 3.92. The number of rotatable bonds is 5. The molecule has 1 nitrogen and oxygen atoms in total. The van der Waals surface area contributed by atoms with Crippen LogP contribution in [-0.4, -0.2) is 6.61 Å². The molecule has 1 aromatic carbocycles. The van der Waals surface area contributed by atoms with Crippen LogP contribution in [0, 0.1) is 11.8 Å². The highest BCUT2D eigenvalue weighted by Crippen LogP contribution is 2.20. The van der Waals surface area contributed by atoms with Crippen LogP contribution in [0.25, 0.3) is 0 Å². The number of hydrogen-bond donors (Lipinski definition) is 0. The molecule has 0 aromatic heterocycles. The van der Waals surface area contributed by atoms with E-state index in [9.17, 15) is 0 Å². The zero-order valence-electron chi connectivity index (χ0n) is 11.5. The maximum atomic E-state index is 5.68. The topological polar surface area (TPSA) is 9.23 Å². The van der Waals surface area contributed by atoms with Crippen molar-refractivity contribution in [1.29, 1.82) is 0 Å². The summed E-state index contributed by atoms with van der Waals surface area (Å²) in [5.74, 6) is 7.21. The highest BCUT2D eigenvalue weighted by Gasteiger charge is 2.05. The van der Waals surface area contributed by atoms with Crippen molar-refractivity contribution in [2.24, 2.45) is 0 Å². The Labute approximate surface area is 112 Å². The lowest BCUT2D eigenvalue weighted by atomic mass is 9.98. The van der Waals surface area contributed by atoms with Crippen LogP contribution in [0.15, 0.2) is 30.9 Å². The van der Waals surface area contributed by atoms with Crippen LogP contribution in [0.1, 0.15) is 39.2 Å². The van der Waals surface area contributed by atoms with Gasteiger partial charge in [-0.05, 0) is 36.1 Å². The van der Waals surface area contributed by atoms with Crippen LogP contribution in [0.4, 0.5) is 0 Å². The Morgan fingerprint density at radius 1 is 1.28 bits per heavy atom. The van der Waals surface area contributed by atoms with E-state index < -0.39 is 0 Å². The lowest BCUT2D eigenvalue weighted by molar-refractivity contribution is 0.312. The molecule has 2 rings (SSSR count). The summed E-state index contributed by atoms with van der Waals surface area (Å²) in [5, 5.41) is 0. The molecule has 1 aliphatic carbocycles. The van der Waals surface area contributed by atoms with E-state index in [1.807, 2.05) is 26.0 Å². The Morgan fingerprint density at radius 3 is 2.72 bits per heavy atom. The molecule has 0 fully saturated rings. The lowest BCUT2D eigenvalue weighted by Gasteiger charge is -2.11. The highest BCUT2D eigenvalue weighted by atomic mass is 16.5. The number of benzene rings is 1. The van der Waals surface area contributed by atoms with Crippen LogP contribution >= 0.6 is 0 Å². The van der Waals surface area contributed by atoms with E-state index in [4.69, 9.17) is 4.74 Å². The molecule has 0 atom stereocenters. The summed E-state index contributed by atoms with van der Waals surface area (Å²) in [5.41, 5.74) is 2.66. The maximum Gasteiger partial charge on any atom is 0.119 e. The van der Waals surface area contributed by atoms with Gasteiger partial charge in [0.15, 0.2) is 0 Å². The maximum absolute atomic E-state index is 5.68. The largest absolute Gasteiger partial charge is 0.494 e. The Hall–Kier alpha value is -1.68. The van der Waals surface area contributed by atoms with Gasteiger partial charge in [-0.3, -0.25) is 0 Å². The van der Waals surface area contributed by atoms with Crippen molar-refractivity contribution in [3.63, 3.8) is 0 Å². The fourth-order valence-corrected chi connectivity index (χ4v) is 1.76. The van der Waals surface area contributed by atoms with Crippen molar-refractivity contribution in [2.75, 3.05) is 6.61 Å². The second-order valence-electron chi connectivity index (χ2n) is 3.92. The second kappa shape index (κ2) is 8.42. The van der Waals surface area contributed by atoms with E-state index >= 15 is 0 Å². The molecule has 0 aliphatic heterocycles. The third-order valence-electron chi connectivity index (χ3n) is 2.68. The normalized spacial score (nSPS) is 11.2. The molecule has 1 aliphatic rings. The summed E-state index contributed by atoms with van der Waals surface area (Å²) in [6, 6.07) is 6.29. The first-order valence-corrected chi connectivity index (χ1v) is 6.71. The molecular weight excluding hydrogens is 220 g/mol. The van der Waals surface area contributed by atoms with Crippen LogP contribution in [-0.2, 0) is 12.8 Å². The van der Waals surface area contributed by atoms with E-state index in [0.717, 1.165) is 38.0 Å². The molecule has 1 heteroatoms.